The van der Waals surface area contributed by atoms with E-state index >= 15 is 0 Å². The van der Waals surface area contributed by atoms with Gasteiger partial charge in [0, 0.05) is 6.92 Å². The Morgan fingerprint density at radius 1 is 1.12 bits per heavy atom. The summed E-state index contributed by atoms with van der Waals surface area (Å²) < 4.78 is 32.1. The highest BCUT2D eigenvalue weighted by molar-refractivity contribution is 5.93. The number of ether oxygens (including phenoxy) is 6. The van der Waals surface area contributed by atoms with E-state index in [1.54, 1.807) is 0 Å². The number of rotatable bonds is 10. The first kappa shape index (κ1) is 26.2. The summed E-state index contributed by atoms with van der Waals surface area (Å²) in [6, 6.07) is -1.06. The van der Waals surface area contributed by atoms with Gasteiger partial charge in [-0.3, -0.25) is 4.79 Å². The number of amides is 2. The Morgan fingerprint density at radius 3 is 2.50 bits per heavy atom. The first-order valence-electron chi connectivity index (χ1n) is 11.7. The van der Waals surface area contributed by atoms with Gasteiger partial charge >= 0.3 is 18.2 Å². The number of methoxy groups -OCH3 is 1. The Hall–Kier alpha value is -2.44. The molecular weight excluding hydrogens is 454 g/mol. The predicted octanol–water partition coefficient (Wildman–Crippen LogP) is 1.65. The third-order valence-corrected chi connectivity index (χ3v) is 6.24. The highest BCUT2D eigenvalue weighted by Crippen LogP contribution is 2.42. The molecule has 0 radical (unpaired) electrons. The van der Waals surface area contributed by atoms with Gasteiger partial charge in [-0.05, 0) is 6.42 Å². The molecule has 0 unspecified atom stereocenters. The molecular formula is C22H33NO11. The lowest BCUT2D eigenvalue weighted by molar-refractivity contribution is -0.313. The number of imide groups is 1. The highest BCUT2D eigenvalue weighted by atomic mass is 16.8. The lowest BCUT2D eigenvalue weighted by atomic mass is 9.88. The molecule has 0 spiro atoms. The van der Waals surface area contributed by atoms with Crippen molar-refractivity contribution in [2.45, 2.75) is 95.0 Å². The summed E-state index contributed by atoms with van der Waals surface area (Å²) in [4.78, 5) is 50.2. The number of fused-ring (bicyclic) bond motifs is 1. The van der Waals surface area contributed by atoms with E-state index in [9.17, 15) is 24.3 Å². The van der Waals surface area contributed by atoms with Gasteiger partial charge in [0.1, 0.15) is 31.0 Å². The molecule has 192 valence electrons. The number of unbranched alkanes of at least 4 members (excludes halogenated alkanes) is 5. The first-order valence-corrected chi connectivity index (χ1v) is 11.7. The molecule has 0 aromatic heterocycles. The summed E-state index contributed by atoms with van der Waals surface area (Å²) >= 11 is 0. The number of hydrogen-bond acceptors (Lipinski definition) is 11. The summed E-state index contributed by atoms with van der Waals surface area (Å²) in [5.74, 6) is -3.48. The van der Waals surface area contributed by atoms with Crippen LogP contribution in [-0.2, 0) is 38.0 Å². The average Bonchev–Trinajstić information content (AvgIpc) is 3.14. The fraction of sp³-hybridized carbons (Fsp3) is 0.818. The summed E-state index contributed by atoms with van der Waals surface area (Å²) in [5.41, 5.74) is 0. The quantitative estimate of drug-likeness (QED) is 0.272. The second-order valence-electron chi connectivity index (χ2n) is 8.66. The monoisotopic (exact) mass is 487 g/mol. The fourth-order valence-electron chi connectivity index (χ4n) is 4.58. The second kappa shape index (κ2) is 11.3. The predicted molar refractivity (Wildman–Crippen MR) is 112 cm³/mol. The number of carbonyl (C=O) groups is 4. The van der Waals surface area contributed by atoms with Crippen LogP contribution in [-0.4, -0.2) is 90.7 Å². The van der Waals surface area contributed by atoms with Crippen molar-refractivity contribution < 1.29 is 52.7 Å². The van der Waals surface area contributed by atoms with E-state index in [-0.39, 0.29) is 19.6 Å². The van der Waals surface area contributed by atoms with Crippen LogP contribution in [0.15, 0.2) is 0 Å². The smallest absolute Gasteiger partial charge is 0.465 e. The van der Waals surface area contributed by atoms with E-state index in [1.807, 2.05) is 0 Å². The summed E-state index contributed by atoms with van der Waals surface area (Å²) in [6.45, 7) is 3.07. The van der Waals surface area contributed by atoms with Crippen molar-refractivity contribution in [1.29, 1.82) is 0 Å². The molecule has 6 atom stereocenters. The number of aliphatic hydroxyl groups excluding tert-OH is 1. The number of hydrogen-bond donors (Lipinski definition) is 1. The maximum atomic E-state index is 12.9. The lowest BCUT2D eigenvalue weighted by Crippen LogP contribution is -2.67. The zero-order chi connectivity index (χ0) is 24.9. The summed E-state index contributed by atoms with van der Waals surface area (Å²) in [7, 11) is 1.16. The van der Waals surface area contributed by atoms with Crippen molar-refractivity contribution in [3.63, 3.8) is 0 Å². The SMILES string of the molecule is CCCCCCCCO[C@]1(C(=O)OC)C[C@@H]2OC(=O)N(C(C)=O)[C@H]2[C@H]([C@@H]2OC(=O)OC[C@H]2O)O1. The summed E-state index contributed by atoms with van der Waals surface area (Å²) in [5, 5.41) is 10.5. The molecule has 0 aliphatic carbocycles. The number of nitrogens with zero attached hydrogens (tertiary/aromatic N) is 1. The zero-order valence-corrected chi connectivity index (χ0v) is 19.7. The van der Waals surface area contributed by atoms with Gasteiger partial charge in [-0.15, -0.1) is 0 Å². The average molecular weight is 488 g/mol. The van der Waals surface area contributed by atoms with E-state index in [0.717, 1.165) is 44.1 Å². The number of aliphatic hydroxyl groups is 1. The van der Waals surface area contributed by atoms with Gasteiger partial charge in [-0.2, -0.15) is 0 Å². The molecule has 0 aromatic rings. The molecule has 3 aliphatic heterocycles. The molecule has 0 bridgehead atoms. The Morgan fingerprint density at radius 2 is 1.82 bits per heavy atom. The molecule has 2 amide bonds. The Bertz CT molecular complexity index is 774. The van der Waals surface area contributed by atoms with E-state index in [1.165, 1.54) is 6.92 Å². The van der Waals surface area contributed by atoms with E-state index in [0.29, 0.717) is 6.42 Å². The van der Waals surface area contributed by atoms with Crippen molar-refractivity contribution in [2.24, 2.45) is 0 Å². The Labute approximate surface area is 197 Å². The molecule has 3 heterocycles. The van der Waals surface area contributed by atoms with E-state index in [4.69, 9.17) is 23.7 Å². The minimum absolute atomic E-state index is 0.159. The van der Waals surface area contributed by atoms with E-state index in [2.05, 4.69) is 11.7 Å². The highest BCUT2D eigenvalue weighted by Gasteiger charge is 2.64. The number of carbonyl (C=O) groups excluding carboxylic acids is 4. The molecule has 3 aliphatic rings. The van der Waals surface area contributed by atoms with Crippen LogP contribution in [0.3, 0.4) is 0 Å². The molecule has 3 fully saturated rings. The van der Waals surface area contributed by atoms with Crippen molar-refractivity contribution in [3.8, 4) is 0 Å². The van der Waals surface area contributed by atoms with Crippen LogP contribution in [0.25, 0.3) is 0 Å². The van der Waals surface area contributed by atoms with Gasteiger partial charge in [-0.1, -0.05) is 39.0 Å². The van der Waals surface area contributed by atoms with Crippen LogP contribution in [0.2, 0.25) is 0 Å². The van der Waals surface area contributed by atoms with Crippen LogP contribution < -0.4 is 0 Å². The van der Waals surface area contributed by atoms with Gasteiger partial charge < -0.3 is 33.5 Å². The van der Waals surface area contributed by atoms with Crippen molar-refractivity contribution in [2.75, 3.05) is 20.3 Å². The van der Waals surface area contributed by atoms with Crippen molar-refractivity contribution >= 4 is 24.1 Å². The molecule has 0 aromatic carbocycles. The third-order valence-electron chi connectivity index (χ3n) is 6.24. The molecule has 34 heavy (non-hydrogen) atoms. The van der Waals surface area contributed by atoms with Gasteiger partial charge in [0.25, 0.3) is 5.79 Å². The minimum atomic E-state index is -1.98. The van der Waals surface area contributed by atoms with Gasteiger partial charge in [-0.25, -0.2) is 19.3 Å². The molecule has 3 rings (SSSR count). The summed E-state index contributed by atoms with van der Waals surface area (Å²) in [6.07, 6.45) is -1.35. The van der Waals surface area contributed by atoms with Gasteiger partial charge in [0.15, 0.2) is 6.10 Å². The Kier molecular flexibility index (Phi) is 8.72. The number of cyclic esters (lactones) is 2. The zero-order valence-electron chi connectivity index (χ0n) is 19.7. The maximum absolute atomic E-state index is 12.9. The van der Waals surface area contributed by atoms with Crippen LogP contribution in [0.5, 0.6) is 0 Å². The topological polar surface area (TPSA) is 147 Å². The molecule has 1 N–H and O–H groups in total. The second-order valence-corrected chi connectivity index (χ2v) is 8.66. The standard InChI is InChI=1S/C22H33NO11/c1-4-5-6-7-8-9-10-31-22(19(26)29-3)11-15-16(23(13(2)24)20(27)32-15)18(34-22)17-14(25)12-30-21(28)33-17/h14-18,25H,4-12H2,1-3H3/t14-,15+,16-,17-,18-,22-/m1/s1. The minimum Gasteiger partial charge on any atom is -0.465 e. The van der Waals surface area contributed by atoms with Crippen LogP contribution in [0.1, 0.15) is 58.8 Å². The molecule has 12 nitrogen and oxygen atoms in total. The molecule has 12 heteroatoms. The maximum Gasteiger partial charge on any atom is 0.508 e. The largest absolute Gasteiger partial charge is 0.508 e. The van der Waals surface area contributed by atoms with Crippen molar-refractivity contribution in [3.05, 3.63) is 0 Å². The van der Waals surface area contributed by atoms with Crippen LogP contribution >= 0.6 is 0 Å². The Balaban J connectivity index is 1.85. The van der Waals surface area contributed by atoms with Crippen LogP contribution in [0, 0.1) is 0 Å². The fourth-order valence-corrected chi connectivity index (χ4v) is 4.58. The first-order chi connectivity index (χ1) is 16.2. The number of esters is 1. The van der Waals surface area contributed by atoms with Crippen molar-refractivity contribution in [1.82, 2.24) is 4.90 Å². The van der Waals surface area contributed by atoms with Gasteiger partial charge in [0.05, 0.1) is 20.1 Å². The van der Waals surface area contributed by atoms with Gasteiger partial charge in [0.2, 0.25) is 5.91 Å². The molecule has 0 saturated carbocycles. The van der Waals surface area contributed by atoms with E-state index < -0.39 is 60.4 Å². The van der Waals surface area contributed by atoms with Crippen LogP contribution in [0.4, 0.5) is 9.59 Å². The lowest BCUT2D eigenvalue weighted by Gasteiger charge is -2.47. The molecule has 3 saturated heterocycles. The normalized spacial score (nSPS) is 32.9. The third kappa shape index (κ3) is 5.44.